The molecule has 2 aliphatic rings. The number of hydrogen-bond acceptors (Lipinski definition) is 5. The molecule has 2 aromatic carbocycles. The Bertz CT molecular complexity index is 862. The zero-order chi connectivity index (χ0) is 18.6. The van der Waals surface area contributed by atoms with Crippen LogP contribution in [0.4, 0.5) is 0 Å². The Morgan fingerprint density at radius 2 is 1.48 bits per heavy atom. The maximum atomic E-state index is 13.2. The van der Waals surface area contributed by atoms with Gasteiger partial charge in [0.05, 0.1) is 19.8 Å². The number of morpholine rings is 1. The average molecular weight is 380 g/mol. The van der Waals surface area contributed by atoms with Gasteiger partial charge in [-0.3, -0.25) is 14.5 Å². The van der Waals surface area contributed by atoms with Gasteiger partial charge in [0.25, 0.3) is 11.8 Å². The lowest BCUT2D eigenvalue weighted by atomic mass is 10.2. The van der Waals surface area contributed by atoms with Crippen LogP contribution in [0.15, 0.2) is 76.2 Å². The molecule has 2 aliphatic heterocycles. The first-order chi connectivity index (χ1) is 13.2. The van der Waals surface area contributed by atoms with Crippen LogP contribution in [0.5, 0.6) is 0 Å². The van der Waals surface area contributed by atoms with Gasteiger partial charge in [0, 0.05) is 18.0 Å². The molecule has 2 aromatic rings. The summed E-state index contributed by atoms with van der Waals surface area (Å²) >= 11 is 1.36. The molecule has 4 rings (SSSR count). The van der Waals surface area contributed by atoms with Gasteiger partial charge in [-0.1, -0.05) is 60.3 Å². The molecule has 0 radical (unpaired) electrons. The van der Waals surface area contributed by atoms with Crippen molar-refractivity contribution < 1.29 is 14.3 Å². The number of ether oxygens (including phenoxy) is 1. The normalized spacial score (nSPS) is 17.8. The fraction of sp³-hybridized carbons (Fsp3) is 0.238. The van der Waals surface area contributed by atoms with Crippen molar-refractivity contribution in [2.45, 2.75) is 11.4 Å². The minimum atomic E-state index is -0.223. The molecule has 0 unspecified atom stereocenters. The van der Waals surface area contributed by atoms with Crippen LogP contribution in [-0.2, 0) is 20.9 Å². The molecule has 0 bridgehead atoms. The molecule has 0 aromatic heterocycles. The van der Waals surface area contributed by atoms with Crippen LogP contribution in [0.2, 0.25) is 0 Å². The Morgan fingerprint density at radius 3 is 2.15 bits per heavy atom. The molecule has 138 valence electrons. The zero-order valence-corrected chi connectivity index (χ0v) is 15.7. The third kappa shape index (κ3) is 3.77. The van der Waals surface area contributed by atoms with Crippen molar-refractivity contribution in [3.05, 3.63) is 76.8 Å². The number of imide groups is 1. The van der Waals surface area contributed by atoms with E-state index in [1.807, 2.05) is 65.6 Å². The summed E-state index contributed by atoms with van der Waals surface area (Å²) in [5.74, 6) is -0.441. The summed E-state index contributed by atoms with van der Waals surface area (Å²) < 4.78 is 5.42. The SMILES string of the molecule is O=C1C(Sc2ccccc2)=C(N2CCOCC2)C(=O)N1Cc1ccccc1. The predicted octanol–water partition coefficient (Wildman–Crippen LogP) is 2.89. The van der Waals surface area contributed by atoms with E-state index in [4.69, 9.17) is 4.74 Å². The van der Waals surface area contributed by atoms with E-state index in [9.17, 15) is 9.59 Å². The first-order valence-electron chi connectivity index (χ1n) is 8.94. The molecule has 1 fully saturated rings. The predicted molar refractivity (Wildman–Crippen MR) is 104 cm³/mol. The summed E-state index contributed by atoms with van der Waals surface area (Å²) in [4.78, 5) is 31.1. The average Bonchev–Trinajstić information content (AvgIpc) is 2.94. The lowest BCUT2D eigenvalue weighted by molar-refractivity contribution is -0.138. The van der Waals surface area contributed by atoms with Gasteiger partial charge < -0.3 is 9.64 Å². The van der Waals surface area contributed by atoms with E-state index in [0.717, 1.165) is 10.5 Å². The number of hydrogen-bond donors (Lipinski definition) is 0. The number of carbonyl (C=O) groups excluding carboxylic acids is 2. The number of benzene rings is 2. The molecule has 0 aliphatic carbocycles. The van der Waals surface area contributed by atoms with Crippen LogP contribution >= 0.6 is 11.8 Å². The quantitative estimate of drug-likeness (QED) is 0.747. The Labute approximate surface area is 162 Å². The first-order valence-corrected chi connectivity index (χ1v) is 9.75. The highest BCUT2D eigenvalue weighted by atomic mass is 32.2. The minimum Gasteiger partial charge on any atom is -0.378 e. The Kier molecular flexibility index (Phi) is 5.27. The molecule has 0 N–H and O–H groups in total. The molecule has 0 spiro atoms. The number of amides is 2. The Morgan fingerprint density at radius 1 is 0.852 bits per heavy atom. The molecule has 0 atom stereocenters. The Hall–Kier alpha value is -2.57. The third-order valence-corrected chi connectivity index (χ3v) is 5.66. The van der Waals surface area contributed by atoms with Gasteiger partial charge >= 0.3 is 0 Å². The van der Waals surface area contributed by atoms with Gasteiger partial charge in [-0.2, -0.15) is 0 Å². The van der Waals surface area contributed by atoms with Crippen molar-refractivity contribution in [3.8, 4) is 0 Å². The lowest BCUT2D eigenvalue weighted by Gasteiger charge is -2.29. The highest BCUT2D eigenvalue weighted by molar-refractivity contribution is 8.04. The molecule has 2 heterocycles. The molecule has 0 saturated carbocycles. The van der Waals surface area contributed by atoms with Crippen LogP contribution in [0, 0.1) is 0 Å². The second-order valence-corrected chi connectivity index (χ2v) is 7.46. The van der Waals surface area contributed by atoms with E-state index in [-0.39, 0.29) is 18.4 Å². The smallest absolute Gasteiger partial charge is 0.278 e. The van der Waals surface area contributed by atoms with E-state index in [1.165, 1.54) is 16.7 Å². The maximum absolute atomic E-state index is 13.2. The van der Waals surface area contributed by atoms with E-state index in [0.29, 0.717) is 36.9 Å². The van der Waals surface area contributed by atoms with E-state index in [1.54, 1.807) is 0 Å². The van der Waals surface area contributed by atoms with Crippen molar-refractivity contribution in [2.24, 2.45) is 0 Å². The van der Waals surface area contributed by atoms with Crippen LogP contribution in [-0.4, -0.2) is 47.9 Å². The molecule has 2 amide bonds. The number of thioether (sulfide) groups is 1. The standard InChI is InChI=1S/C21H20N2O3S/c24-20-18(22-11-13-26-14-12-22)19(27-17-9-5-2-6-10-17)21(25)23(20)15-16-7-3-1-4-8-16/h1-10H,11-15H2. The van der Waals surface area contributed by atoms with E-state index in [2.05, 4.69) is 0 Å². The fourth-order valence-electron chi connectivity index (χ4n) is 3.21. The zero-order valence-electron chi connectivity index (χ0n) is 14.8. The topological polar surface area (TPSA) is 49.9 Å². The van der Waals surface area contributed by atoms with Crippen LogP contribution in [0.3, 0.4) is 0 Å². The highest BCUT2D eigenvalue weighted by Gasteiger charge is 2.41. The fourth-order valence-corrected chi connectivity index (χ4v) is 4.25. The molecule has 5 nitrogen and oxygen atoms in total. The maximum Gasteiger partial charge on any atom is 0.278 e. The molecule has 6 heteroatoms. The summed E-state index contributed by atoms with van der Waals surface area (Å²) in [7, 11) is 0. The highest BCUT2D eigenvalue weighted by Crippen LogP contribution is 2.37. The van der Waals surface area contributed by atoms with Crippen molar-refractivity contribution in [2.75, 3.05) is 26.3 Å². The van der Waals surface area contributed by atoms with Gasteiger partial charge in [0.2, 0.25) is 0 Å². The van der Waals surface area contributed by atoms with Gasteiger partial charge in [-0.25, -0.2) is 0 Å². The molecule has 27 heavy (non-hydrogen) atoms. The summed E-state index contributed by atoms with van der Waals surface area (Å²) in [5, 5.41) is 0. The van der Waals surface area contributed by atoms with Crippen LogP contribution < -0.4 is 0 Å². The van der Waals surface area contributed by atoms with Gasteiger partial charge in [-0.05, 0) is 17.7 Å². The van der Waals surface area contributed by atoms with E-state index >= 15 is 0 Å². The van der Waals surface area contributed by atoms with Crippen LogP contribution in [0.1, 0.15) is 5.56 Å². The summed E-state index contributed by atoms with van der Waals surface area (Å²) in [6.07, 6.45) is 0. The summed E-state index contributed by atoms with van der Waals surface area (Å²) in [6.45, 7) is 2.64. The summed E-state index contributed by atoms with van der Waals surface area (Å²) in [5.41, 5.74) is 1.44. The largest absolute Gasteiger partial charge is 0.378 e. The van der Waals surface area contributed by atoms with Crippen molar-refractivity contribution in [1.82, 2.24) is 9.80 Å². The molecular weight excluding hydrogens is 360 g/mol. The van der Waals surface area contributed by atoms with Crippen molar-refractivity contribution >= 4 is 23.6 Å². The van der Waals surface area contributed by atoms with Crippen molar-refractivity contribution in [1.29, 1.82) is 0 Å². The minimum absolute atomic E-state index is 0.218. The second kappa shape index (κ2) is 7.98. The lowest BCUT2D eigenvalue weighted by Crippen LogP contribution is -2.40. The number of rotatable bonds is 5. The van der Waals surface area contributed by atoms with Gasteiger partial charge in [0.1, 0.15) is 10.6 Å². The monoisotopic (exact) mass is 380 g/mol. The van der Waals surface area contributed by atoms with Gasteiger partial charge in [0.15, 0.2) is 0 Å². The second-order valence-electron chi connectivity index (χ2n) is 6.37. The first kappa shape index (κ1) is 17.8. The number of nitrogens with zero attached hydrogens (tertiary/aromatic N) is 2. The Balaban J connectivity index is 1.66. The van der Waals surface area contributed by atoms with Gasteiger partial charge in [-0.15, -0.1) is 0 Å². The third-order valence-electron chi connectivity index (χ3n) is 4.58. The molecule has 1 saturated heterocycles. The summed E-state index contributed by atoms with van der Waals surface area (Å²) in [6, 6.07) is 19.3. The number of carbonyl (C=O) groups is 2. The van der Waals surface area contributed by atoms with E-state index < -0.39 is 0 Å². The molecular formula is C21H20N2O3S. The van der Waals surface area contributed by atoms with Crippen molar-refractivity contribution in [3.63, 3.8) is 0 Å². The van der Waals surface area contributed by atoms with Crippen LogP contribution in [0.25, 0.3) is 0 Å².